The van der Waals surface area contributed by atoms with Crippen molar-refractivity contribution in [3.8, 4) is 0 Å². The van der Waals surface area contributed by atoms with Crippen LogP contribution in [0.5, 0.6) is 0 Å². The monoisotopic (exact) mass is 256 g/mol. The maximum atomic E-state index is 5.92. The van der Waals surface area contributed by atoms with Gasteiger partial charge >= 0.3 is 0 Å². The Morgan fingerprint density at radius 3 is 2.63 bits per heavy atom. The molecule has 1 fully saturated rings. The third-order valence-electron chi connectivity index (χ3n) is 3.91. The molecule has 2 aromatic rings. The van der Waals surface area contributed by atoms with E-state index in [1.54, 1.807) is 0 Å². The molecule has 0 spiro atoms. The average Bonchev–Trinajstić information content (AvgIpc) is 2.46. The highest BCUT2D eigenvalue weighted by atomic mass is 15.0. The molecule has 4 heteroatoms. The number of nitrogens with one attached hydrogen (secondary N) is 1. The molecule has 0 atom stereocenters. The van der Waals surface area contributed by atoms with Gasteiger partial charge in [0.1, 0.15) is 5.82 Å². The van der Waals surface area contributed by atoms with Crippen molar-refractivity contribution in [2.24, 2.45) is 11.7 Å². The van der Waals surface area contributed by atoms with Crippen molar-refractivity contribution in [3.63, 3.8) is 0 Å². The molecule has 3 N–H and O–H groups in total. The minimum Gasteiger partial charge on any atom is -0.368 e. The second-order valence-electron chi connectivity index (χ2n) is 5.41. The summed E-state index contributed by atoms with van der Waals surface area (Å²) < 4.78 is 0. The van der Waals surface area contributed by atoms with Gasteiger partial charge in [-0.1, -0.05) is 12.1 Å². The summed E-state index contributed by atoms with van der Waals surface area (Å²) in [6.07, 6.45) is 6.55. The molecule has 0 radical (unpaired) electrons. The predicted octanol–water partition coefficient (Wildman–Crippen LogP) is 2.56. The van der Waals surface area contributed by atoms with Gasteiger partial charge in [0, 0.05) is 12.6 Å². The number of anilines is 1. The predicted molar refractivity (Wildman–Crippen MR) is 78.0 cm³/mol. The first-order valence-electron chi connectivity index (χ1n) is 7.02. The fraction of sp³-hybridized carbons (Fsp3) is 0.467. The molecule has 1 aliphatic carbocycles. The van der Waals surface area contributed by atoms with Crippen LogP contribution in [0, 0.1) is 5.92 Å². The number of hydrogen-bond donors (Lipinski definition) is 2. The first-order chi connectivity index (χ1) is 9.31. The Labute approximate surface area is 113 Å². The lowest BCUT2D eigenvalue weighted by Crippen LogP contribution is -2.29. The lowest BCUT2D eigenvalue weighted by molar-refractivity contribution is 0.338. The van der Waals surface area contributed by atoms with Gasteiger partial charge in [0.2, 0.25) is 0 Å². The van der Waals surface area contributed by atoms with Crippen LogP contribution < -0.4 is 11.1 Å². The van der Waals surface area contributed by atoms with E-state index in [9.17, 15) is 0 Å². The molecule has 0 unspecified atom stereocenters. The van der Waals surface area contributed by atoms with E-state index < -0.39 is 0 Å². The molecule has 3 rings (SSSR count). The molecule has 1 aliphatic rings. The molecule has 0 amide bonds. The van der Waals surface area contributed by atoms with Gasteiger partial charge < -0.3 is 11.1 Å². The Kier molecular flexibility index (Phi) is 3.60. The van der Waals surface area contributed by atoms with Gasteiger partial charge in [-0.15, -0.1) is 0 Å². The van der Waals surface area contributed by atoms with Crippen LogP contribution in [0.3, 0.4) is 0 Å². The van der Waals surface area contributed by atoms with Gasteiger partial charge in [0.15, 0.2) is 0 Å². The minimum atomic E-state index is 0.414. The van der Waals surface area contributed by atoms with Gasteiger partial charge in [-0.25, -0.2) is 4.98 Å². The summed E-state index contributed by atoms with van der Waals surface area (Å²) in [6, 6.07) is 8.36. The van der Waals surface area contributed by atoms with Crippen molar-refractivity contribution >= 4 is 16.9 Å². The minimum absolute atomic E-state index is 0.414. The van der Waals surface area contributed by atoms with Crippen LogP contribution in [0.1, 0.15) is 25.7 Å². The van der Waals surface area contributed by atoms with E-state index in [0.29, 0.717) is 12.0 Å². The molecule has 1 aromatic heterocycles. The summed E-state index contributed by atoms with van der Waals surface area (Å²) >= 11 is 0. The SMILES string of the molecule is NC1CCC(CNc2cnc3ccccc3n2)CC1. The van der Waals surface area contributed by atoms with Gasteiger partial charge in [-0.05, 0) is 43.7 Å². The van der Waals surface area contributed by atoms with Crippen LogP contribution in [0.2, 0.25) is 0 Å². The molecule has 19 heavy (non-hydrogen) atoms. The lowest BCUT2D eigenvalue weighted by atomic mass is 9.86. The number of aromatic nitrogens is 2. The lowest BCUT2D eigenvalue weighted by Gasteiger charge is -2.26. The topological polar surface area (TPSA) is 63.8 Å². The van der Waals surface area contributed by atoms with Gasteiger partial charge in [-0.3, -0.25) is 4.98 Å². The van der Waals surface area contributed by atoms with E-state index in [4.69, 9.17) is 5.73 Å². The zero-order chi connectivity index (χ0) is 13.1. The van der Waals surface area contributed by atoms with Crippen LogP contribution in [-0.4, -0.2) is 22.6 Å². The van der Waals surface area contributed by atoms with E-state index in [-0.39, 0.29) is 0 Å². The summed E-state index contributed by atoms with van der Waals surface area (Å²) in [6.45, 7) is 0.972. The zero-order valence-corrected chi connectivity index (χ0v) is 11.0. The summed E-state index contributed by atoms with van der Waals surface area (Å²) in [5, 5.41) is 3.41. The molecule has 1 heterocycles. The third-order valence-corrected chi connectivity index (χ3v) is 3.91. The molecule has 0 saturated heterocycles. The number of rotatable bonds is 3. The fourth-order valence-corrected chi connectivity index (χ4v) is 2.68. The van der Waals surface area contributed by atoms with Crippen molar-refractivity contribution < 1.29 is 0 Å². The van der Waals surface area contributed by atoms with E-state index in [1.165, 1.54) is 12.8 Å². The van der Waals surface area contributed by atoms with E-state index in [2.05, 4.69) is 15.3 Å². The average molecular weight is 256 g/mol. The highest BCUT2D eigenvalue weighted by Gasteiger charge is 2.18. The maximum Gasteiger partial charge on any atom is 0.145 e. The molecule has 4 nitrogen and oxygen atoms in total. The van der Waals surface area contributed by atoms with Gasteiger partial charge in [0.25, 0.3) is 0 Å². The van der Waals surface area contributed by atoms with E-state index >= 15 is 0 Å². The number of nitrogens with two attached hydrogens (primary N) is 1. The second-order valence-corrected chi connectivity index (χ2v) is 5.41. The molecule has 1 saturated carbocycles. The van der Waals surface area contributed by atoms with Crippen LogP contribution in [0.15, 0.2) is 30.5 Å². The number of para-hydroxylation sites is 2. The third kappa shape index (κ3) is 3.01. The molecular formula is C15H20N4. The Morgan fingerprint density at radius 1 is 1.11 bits per heavy atom. The summed E-state index contributed by atoms with van der Waals surface area (Å²) in [5.41, 5.74) is 7.81. The quantitative estimate of drug-likeness (QED) is 0.886. The number of hydrogen-bond acceptors (Lipinski definition) is 4. The van der Waals surface area contributed by atoms with Gasteiger partial charge in [-0.2, -0.15) is 0 Å². The number of benzene rings is 1. The maximum absolute atomic E-state index is 5.92. The summed E-state index contributed by atoms with van der Waals surface area (Å²) in [4.78, 5) is 8.99. The summed E-state index contributed by atoms with van der Waals surface area (Å²) in [5.74, 6) is 1.58. The standard InChI is InChI=1S/C15H20N4/c16-12-7-5-11(6-8-12)9-18-15-10-17-13-3-1-2-4-14(13)19-15/h1-4,10-12H,5-9,16H2,(H,18,19). The molecule has 0 aliphatic heterocycles. The van der Waals surface area contributed by atoms with Crippen LogP contribution in [-0.2, 0) is 0 Å². The summed E-state index contributed by atoms with van der Waals surface area (Å²) in [7, 11) is 0. The highest BCUT2D eigenvalue weighted by molar-refractivity contribution is 5.75. The first-order valence-corrected chi connectivity index (χ1v) is 7.02. The van der Waals surface area contributed by atoms with Crippen molar-refractivity contribution in [2.75, 3.05) is 11.9 Å². The van der Waals surface area contributed by atoms with Gasteiger partial charge in [0.05, 0.1) is 17.2 Å². The second kappa shape index (κ2) is 5.53. The van der Waals surface area contributed by atoms with Crippen molar-refractivity contribution in [3.05, 3.63) is 30.5 Å². The van der Waals surface area contributed by atoms with E-state index in [0.717, 1.165) is 36.2 Å². The van der Waals surface area contributed by atoms with Crippen molar-refractivity contribution in [2.45, 2.75) is 31.7 Å². The number of nitrogens with zero attached hydrogens (tertiary/aromatic N) is 2. The Bertz CT molecular complexity index is 547. The molecule has 1 aromatic carbocycles. The van der Waals surface area contributed by atoms with Crippen molar-refractivity contribution in [1.29, 1.82) is 0 Å². The molecule has 100 valence electrons. The Balaban J connectivity index is 1.62. The van der Waals surface area contributed by atoms with Crippen LogP contribution in [0.25, 0.3) is 11.0 Å². The smallest absolute Gasteiger partial charge is 0.145 e. The highest BCUT2D eigenvalue weighted by Crippen LogP contribution is 2.23. The number of fused-ring (bicyclic) bond motifs is 1. The zero-order valence-electron chi connectivity index (χ0n) is 11.0. The largest absolute Gasteiger partial charge is 0.368 e. The normalized spacial score (nSPS) is 23.4. The Morgan fingerprint density at radius 2 is 1.84 bits per heavy atom. The fourth-order valence-electron chi connectivity index (χ4n) is 2.68. The Hall–Kier alpha value is -1.68. The first kappa shape index (κ1) is 12.4. The molecular weight excluding hydrogens is 236 g/mol. The van der Waals surface area contributed by atoms with Crippen LogP contribution in [0.4, 0.5) is 5.82 Å². The van der Waals surface area contributed by atoms with E-state index in [1.807, 2.05) is 30.5 Å². The molecule has 0 bridgehead atoms. The van der Waals surface area contributed by atoms with Crippen molar-refractivity contribution in [1.82, 2.24) is 9.97 Å². The van der Waals surface area contributed by atoms with Crippen LogP contribution >= 0.6 is 0 Å².